The lowest BCUT2D eigenvalue weighted by Gasteiger charge is -2.30. The minimum absolute atomic E-state index is 0.0241. The molecule has 0 fully saturated rings. The fourth-order valence-corrected chi connectivity index (χ4v) is 8.90. The van der Waals surface area contributed by atoms with Crippen molar-refractivity contribution in [2.45, 2.75) is 277 Å². The molecule has 0 aliphatic heterocycles. The van der Waals surface area contributed by atoms with E-state index in [1.54, 1.807) is 0 Å². The van der Waals surface area contributed by atoms with Gasteiger partial charge < -0.3 is 28.5 Å². The Labute approximate surface area is 427 Å². The number of carbonyl (C=O) groups excluding carboxylic acids is 2. The second-order valence-electron chi connectivity index (χ2n) is 20.8. The quantitative estimate of drug-likeness (QED) is 0.0212. The lowest BCUT2D eigenvalue weighted by atomic mass is 10.0. The van der Waals surface area contributed by atoms with Crippen LogP contribution < -0.4 is 10.2 Å². The van der Waals surface area contributed by atoms with E-state index in [0.29, 0.717) is 17.4 Å². The van der Waals surface area contributed by atoms with Crippen LogP contribution in [0.4, 0.5) is 0 Å². The minimum Gasteiger partial charge on any atom is -0.756 e. The highest BCUT2D eigenvalue weighted by Gasteiger charge is 2.27. The lowest BCUT2D eigenvalue weighted by molar-refractivity contribution is -0.870. The Morgan fingerprint density at radius 1 is 0.507 bits per heavy atom. The standard InChI is InChI=1S/C59H111N2O7P/c1-7-10-13-16-19-22-25-26-27-28-29-30-31-32-33-34-37-40-43-46-49-52-59(63)68-57(50-47-44-41-38-35-23-20-17-14-11-8-2)56(55-67-69(64,65)66-54-53-61(4,5)6)60-58(62)51-48-45-42-39-36-24-21-18-15-12-9-3/h18-19,21-22,26-27,47,50,56-57H,7-17,20,23-25,28-46,48-49,51-55H2,1-6H3,(H-,60,62,64,65)/b21-18-,22-19-,27-26-,50-47-. The summed E-state index contributed by atoms with van der Waals surface area (Å²) in [5, 5.41) is 3.01. The Kier molecular flexibility index (Phi) is 48.1. The first-order valence-electron chi connectivity index (χ1n) is 28.9. The summed E-state index contributed by atoms with van der Waals surface area (Å²) in [5.41, 5.74) is 0. The molecule has 0 aromatic carbocycles. The second-order valence-corrected chi connectivity index (χ2v) is 22.2. The van der Waals surface area contributed by atoms with Crippen molar-refractivity contribution < 1.29 is 37.3 Å². The van der Waals surface area contributed by atoms with Gasteiger partial charge >= 0.3 is 5.97 Å². The smallest absolute Gasteiger partial charge is 0.306 e. The molecule has 0 bridgehead atoms. The number of ether oxygens (including phenoxy) is 1. The maximum absolute atomic E-state index is 13.4. The van der Waals surface area contributed by atoms with Gasteiger partial charge in [0, 0.05) is 12.8 Å². The maximum Gasteiger partial charge on any atom is 0.306 e. The van der Waals surface area contributed by atoms with E-state index in [1.807, 2.05) is 33.3 Å². The number of rotatable bonds is 52. The predicted molar refractivity (Wildman–Crippen MR) is 293 cm³/mol. The molecule has 0 aromatic rings. The number of hydrogen-bond donors (Lipinski definition) is 1. The van der Waals surface area contributed by atoms with E-state index in [0.717, 1.165) is 89.9 Å². The van der Waals surface area contributed by atoms with Gasteiger partial charge in [-0.2, -0.15) is 0 Å². The molecule has 69 heavy (non-hydrogen) atoms. The van der Waals surface area contributed by atoms with Crippen LogP contribution in [0.5, 0.6) is 0 Å². The van der Waals surface area contributed by atoms with Crippen molar-refractivity contribution >= 4 is 19.7 Å². The SMILES string of the molecule is CCCC/C=C\CCCCCCCC(=O)NC(COP(=O)([O-])OCC[N+](C)(C)C)C(/C=C\CCCCCCCCCCC)OC(=O)CCCCCCCCCCCCC/C=C\C/C=C\CCCCC. The van der Waals surface area contributed by atoms with Crippen LogP contribution in [0.3, 0.4) is 0 Å². The molecule has 404 valence electrons. The summed E-state index contributed by atoms with van der Waals surface area (Å²) in [7, 11) is 1.18. The number of phosphoric ester groups is 1. The van der Waals surface area contributed by atoms with Crippen molar-refractivity contribution in [1.29, 1.82) is 0 Å². The Bertz CT molecular complexity index is 1330. The van der Waals surface area contributed by atoms with Gasteiger partial charge in [-0.15, -0.1) is 0 Å². The molecule has 0 aliphatic carbocycles. The Balaban J connectivity index is 5.19. The number of phosphoric acid groups is 1. The van der Waals surface area contributed by atoms with E-state index in [1.165, 1.54) is 141 Å². The molecular formula is C59H111N2O7P. The van der Waals surface area contributed by atoms with Crippen molar-refractivity contribution in [2.75, 3.05) is 40.9 Å². The predicted octanol–water partition coefficient (Wildman–Crippen LogP) is 16.7. The number of amides is 1. The number of quaternary nitrogens is 1. The fraction of sp³-hybridized carbons (Fsp3) is 0.831. The molecule has 1 amide bonds. The van der Waals surface area contributed by atoms with E-state index in [-0.39, 0.29) is 24.9 Å². The van der Waals surface area contributed by atoms with Gasteiger partial charge in [-0.05, 0) is 83.1 Å². The molecular weight excluding hydrogens is 880 g/mol. The molecule has 0 spiro atoms. The van der Waals surface area contributed by atoms with Crippen LogP contribution in [0.15, 0.2) is 48.6 Å². The Morgan fingerprint density at radius 2 is 0.899 bits per heavy atom. The number of carbonyl (C=O) groups is 2. The minimum atomic E-state index is -4.69. The zero-order valence-corrected chi connectivity index (χ0v) is 46.9. The zero-order valence-electron chi connectivity index (χ0n) is 46.0. The average molecular weight is 992 g/mol. The third kappa shape index (κ3) is 50.7. The third-order valence-corrected chi connectivity index (χ3v) is 13.7. The van der Waals surface area contributed by atoms with Crippen molar-refractivity contribution in [3.05, 3.63) is 48.6 Å². The van der Waals surface area contributed by atoms with Crippen LogP contribution in [0, 0.1) is 0 Å². The van der Waals surface area contributed by atoms with E-state index >= 15 is 0 Å². The number of hydrogen-bond acceptors (Lipinski definition) is 7. The molecule has 10 heteroatoms. The number of nitrogens with zero attached hydrogens (tertiary/aromatic N) is 1. The molecule has 0 saturated heterocycles. The largest absolute Gasteiger partial charge is 0.756 e. The van der Waals surface area contributed by atoms with Crippen molar-refractivity contribution in [2.24, 2.45) is 0 Å². The fourth-order valence-electron chi connectivity index (χ4n) is 8.18. The van der Waals surface area contributed by atoms with E-state index in [9.17, 15) is 19.0 Å². The number of allylic oxidation sites excluding steroid dienone is 7. The van der Waals surface area contributed by atoms with Crippen LogP contribution >= 0.6 is 7.82 Å². The van der Waals surface area contributed by atoms with E-state index < -0.39 is 26.6 Å². The van der Waals surface area contributed by atoms with Crippen LogP contribution in [0.2, 0.25) is 0 Å². The summed E-state index contributed by atoms with van der Waals surface area (Å²) in [6.45, 7) is 6.77. The molecule has 3 unspecified atom stereocenters. The number of unbranched alkanes of at least 4 members (excludes halogenated alkanes) is 30. The highest BCUT2D eigenvalue weighted by molar-refractivity contribution is 7.45. The van der Waals surface area contributed by atoms with Gasteiger partial charge in [0.1, 0.15) is 19.3 Å². The molecule has 0 saturated carbocycles. The van der Waals surface area contributed by atoms with Gasteiger partial charge in [-0.3, -0.25) is 14.2 Å². The van der Waals surface area contributed by atoms with Gasteiger partial charge in [0.2, 0.25) is 5.91 Å². The van der Waals surface area contributed by atoms with E-state index in [4.69, 9.17) is 13.8 Å². The number of nitrogens with one attached hydrogen (secondary N) is 1. The summed E-state index contributed by atoms with van der Waals surface area (Å²) in [5.74, 6) is -0.552. The zero-order chi connectivity index (χ0) is 50.8. The molecule has 0 aromatic heterocycles. The monoisotopic (exact) mass is 991 g/mol. The topological polar surface area (TPSA) is 114 Å². The van der Waals surface area contributed by atoms with Gasteiger partial charge in [0.25, 0.3) is 7.82 Å². The summed E-state index contributed by atoms with van der Waals surface area (Å²) in [4.78, 5) is 39.8. The van der Waals surface area contributed by atoms with Gasteiger partial charge in [-0.1, -0.05) is 217 Å². The molecule has 3 atom stereocenters. The summed E-state index contributed by atoms with van der Waals surface area (Å²) >= 11 is 0. The average Bonchev–Trinajstić information content (AvgIpc) is 3.31. The molecule has 9 nitrogen and oxygen atoms in total. The first kappa shape index (κ1) is 67.0. The molecule has 0 rings (SSSR count). The molecule has 0 aliphatic rings. The van der Waals surface area contributed by atoms with Crippen LogP contribution in [-0.4, -0.2) is 69.4 Å². The second kappa shape index (κ2) is 49.5. The number of likely N-dealkylation sites (N-methyl/N-ethyl adjacent to an activating group) is 1. The third-order valence-electron chi connectivity index (χ3n) is 12.7. The number of esters is 1. The van der Waals surface area contributed by atoms with Crippen molar-refractivity contribution in [1.82, 2.24) is 5.32 Å². The Hall–Kier alpha value is -2.03. The van der Waals surface area contributed by atoms with Crippen molar-refractivity contribution in [3.8, 4) is 0 Å². The van der Waals surface area contributed by atoms with E-state index in [2.05, 4.69) is 62.5 Å². The normalized spacial score (nSPS) is 14.1. The van der Waals surface area contributed by atoms with Crippen molar-refractivity contribution in [3.63, 3.8) is 0 Å². The maximum atomic E-state index is 13.4. The van der Waals surface area contributed by atoms with Crippen LogP contribution in [0.1, 0.15) is 265 Å². The van der Waals surface area contributed by atoms with Gasteiger partial charge in [0.15, 0.2) is 0 Å². The molecule has 0 radical (unpaired) electrons. The van der Waals surface area contributed by atoms with Crippen LogP contribution in [-0.2, 0) is 27.9 Å². The summed E-state index contributed by atoms with van der Waals surface area (Å²) < 4.78 is 30.2. The first-order valence-corrected chi connectivity index (χ1v) is 30.4. The van der Waals surface area contributed by atoms with Crippen LogP contribution in [0.25, 0.3) is 0 Å². The van der Waals surface area contributed by atoms with Gasteiger partial charge in [-0.25, -0.2) is 0 Å². The first-order chi connectivity index (χ1) is 33.4. The Morgan fingerprint density at radius 3 is 1.39 bits per heavy atom. The van der Waals surface area contributed by atoms with Gasteiger partial charge in [0.05, 0.1) is 33.8 Å². The highest BCUT2D eigenvalue weighted by atomic mass is 31.2. The molecule has 0 heterocycles. The highest BCUT2D eigenvalue weighted by Crippen LogP contribution is 2.38. The molecule has 1 N–H and O–H groups in total. The summed E-state index contributed by atoms with van der Waals surface area (Å²) in [6, 6.07) is -0.890. The lowest BCUT2D eigenvalue weighted by Crippen LogP contribution is -2.47. The summed E-state index contributed by atoms with van der Waals surface area (Å²) in [6.07, 6.45) is 59.4.